The highest BCUT2D eigenvalue weighted by Crippen LogP contribution is 2.23. The molecular formula is C17H17N3O6. The molecule has 26 heavy (non-hydrogen) atoms. The van der Waals surface area contributed by atoms with Crippen molar-refractivity contribution in [2.45, 2.75) is 12.8 Å². The van der Waals surface area contributed by atoms with Crippen LogP contribution in [0.5, 0.6) is 0 Å². The molecule has 0 spiro atoms. The van der Waals surface area contributed by atoms with Gasteiger partial charge in [0.1, 0.15) is 0 Å². The van der Waals surface area contributed by atoms with Gasteiger partial charge in [-0.1, -0.05) is 12.1 Å². The number of nitrogens with one attached hydrogen (secondary N) is 2. The molecule has 9 nitrogen and oxygen atoms in total. The van der Waals surface area contributed by atoms with Crippen LogP contribution in [-0.2, 0) is 19.1 Å². The first-order valence-corrected chi connectivity index (χ1v) is 7.74. The molecule has 5 amide bonds. The maximum atomic E-state index is 12.0. The predicted octanol–water partition coefficient (Wildman–Crippen LogP) is 0.509. The van der Waals surface area contributed by atoms with Crippen molar-refractivity contribution in [2.75, 3.05) is 18.1 Å². The van der Waals surface area contributed by atoms with E-state index in [2.05, 4.69) is 11.9 Å². The molecule has 1 saturated heterocycles. The molecule has 1 aromatic rings. The first-order chi connectivity index (χ1) is 12.4. The summed E-state index contributed by atoms with van der Waals surface area (Å²) in [5.74, 6) is -2.32. The third kappa shape index (κ3) is 4.76. The van der Waals surface area contributed by atoms with E-state index in [1.54, 1.807) is 0 Å². The van der Waals surface area contributed by atoms with Gasteiger partial charge in [0.25, 0.3) is 5.91 Å². The largest absolute Gasteiger partial charge is 0.452 e. The number of anilines is 1. The number of rotatable bonds is 6. The molecule has 0 unspecified atom stereocenters. The van der Waals surface area contributed by atoms with Crippen LogP contribution in [0.15, 0.2) is 36.9 Å². The minimum Gasteiger partial charge on any atom is -0.452 e. The Balaban J connectivity index is 1.93. The fraction of sp³-hybridized carbons (Fsp3) is 0.235. The van der Waals surface area contributed by atoms with Gasteiger partial charge in [-0.05, 0) is 18.2 Å². The summed E-state index contributed by atoms with van der Waals surface area (Å²) < 4.78 is 4.83. The van der Waals surface area contributed by atoms with Crippen LogP contribution in [0.4, 0.5) is 10.5 Å². The van der Waals surface area contributed by atoms with Crippen LogP contribution in [0.1, 0.15) is 23.2 Å². The van der Waals surface area contributed by atoms with Crippen molar-refractivity contribution in [3.05, 3.63) is 42.5 Å². The Bertz CT molecular complexity index is 758. The number of hydrogen-bond donors (Lipinski definition) is 2. The second kappa shape index (κ2) is 8.56. The van der Waals surface area contributed by atoms with Gasteiger partial charge >= 0.3 is 12.0 Å². The van der Waals surface area contributed by atoms with Gasteiger partial charge in [0.15, 0.2) is 6.61 Å². The van der Waals surface area contributed by atoms with Crippen LogP contribution in [0.3, 0.4) is 0 Å². The number of imide groups is 2. The van der Waals surface area contributed by atoms with Crippen molar-refractivity contribution < 1.29 is 28.7 Å². The smallest absolute Gasteiger partial charge is 0.338 e. The van der Waals surface area contributed by atoms with Gasteiger partial charge in [0, 0.05) is 19.4 Å². The monoisotopic (exact) mass is 359 g/mol. The molecule has 0 aromatic heterocycles. The molecule has 1 aliphatic heterocycles. The van der Waals surface area contributed by atoms with E-state index in [1.165, 1.54) is 30.3 Å². The second-order valence-corrected chi connectivity index (χ2v) is 5.30. The van der Waals surface area contributed by atoms with Crippen molar-refractivity contribution in [3.8, 4) is 0 Å². The Morgan fingerprint density at radius 2 is 1.88 bits per heavy atom. The zero-order chi connectivity index (χ0) is 19.1. The Labute approximate surface area is 149 Å². The first kappa shape index (κ1) is 18.8. The Morgan fingerprint density at radius 3 is 2.54 bits per heavy atom. The molecule has 0 radical (unpaired) electrons. The average molecular weight is 359 g/mol. The van der Waals surface area contributed by atoms with Gasteiger partial charge in [-0.3, -0.25) is 24.6 Å². The lowest BCUT2D eigenvalue weighted by atomic mass is 10.2. The van der Waals surface area contributed by atoms with E-state index in [1.807, 2.05) is 5.32 Å². The highest BCUT2D eigenvalue weighted by atomic mass is 16.5. The van der Waals surface area contributed by atoms with Crippen LogP contribution in [0.2, 0.25) is 0 Å². The van der Waals surface area contributed by atoms with Gasteiger partial charge < -0.3 is 10.1 Å². The molecule has 136 valence electrons. The standard InChI is InChI=1S/C17H17N3O6/c1-2-8-18-17(25)19-13(21)10-26-16(24)11-4-3-5-12(9-11)20-14(22)6-7-15(20)23/h2-5,9H,1,6-8,10H2,(H2,18,19,21,25). The molecule has 0 bridgehead atoms. The van der Waals surface area contributed by atoms with Crippen molar-refractivity contribution in [1.82, 2.24) is 10.6 Å². The van der Waals surface area contributed by atoms with Gasteiger partial charge in [-0.2, -0.15) is 0 Å². The normalized spacial score (nSPS) is 13.3. The maximum absolute atomic E-state index is 12.0. The zero-order valence-electron chi connectivity index (χ0n) is 13.8. The van der Waals surface area contributed by atoms with Crippen LogP contribution < -0.4 is 15.5 Å². The van der Waals surface area contributed by atoms with Crippen LogP contribution in [0.25, 0.3) is 0 Å². The summed E-state index contributed by atoms with van der Waals surface area (Å²) in [5, 5.41) is 4.31. The summed E-state index contributed by atoms with van der Waals surface area (Å²) in [7, 11) is 0. The summed E-state index contributed by atoms with van der Waals surface area (Å²) in [6.45, 7) is 2.93. The number of ether oxygens (including phenoxy) is 1. The first-order valence-electron chi connectivity index (χ1n) is 7.74. The van der Waals surface area contributed by atoms with Crippen molar-refractivity contribution in [2.24, 2.45) is 0 Å². The zero-order valence-corrected chi connectivity index (χ0v) is 13.8. The fourth-order valence-electron chi connectivity index (χ4n) is 2.22. The van der Waals surface area contributed by atoms with Crippen molar-refractivity contribution in [3.63, 3.8) is 0 Å². The number of benzene rings is 1. The lowest BCUT2D eigenvalue weighted by Gasteiger charge is -2.14. The fourth-order valence-corrected chi connectivity index (χ4v) is 2.22. The van der Waals surface area contributed by atoms with E-state index < -0.39 is 24.5 Å². The molecular weight excluding hydrogens is 342 g/mol. The number of amides is 5. The number of nitrogens with zero attached hydrogens (tertiary/aromatic N) is 1. The van der Waals surface area contributed by atoms with E-state index in [0.717, 1.165) is 4.90 Å². The molecule has 2 N–H and O–H groups in total. The number of carbonyl (C=O) groups excluding carboxylic acids is 5. The summed E-state index contributed by atoms with van der Waals surface area (Å²) in [6.07, 6.45) is 1.69. The summed E-state index contributed by atoms with van der Waals surface area (Å²) >= 11 is 0. The highest BCUT2D eigenvalue weighted by molar-refractivity contribution is 6.20. The van der Waals surface area contributed by atoms with E-state index in [0.29, 0.717) is 0 Å². The Kier molecular flexibility index (Phi) is 6.20. The average Bonchev–Trinajstić information content (AvgIpc) is 2.96. The summed E-state index contributed by atoms with van der Waals surface area (Å²) in [6, 6.07) is 5.03. The number of urea groups is 1. The summed E-state index contributed by atoms with van der Waals surface area (Å²) in [4.78, 5) is 59.4. The highest BCUT2D eigenvalue weighted by Gasteiger charge is 2.30. The van der Waals surface area contributed by atoms with Gasteiger partial charge in [-0.15, -0.1) is 6.58 Å². The Hall–Kier alpha value is -3.49. The number of esters is 1. The SMILES string of the molecule is C=CCNC(=O)NC(=O)COC(=O)c1cccc(N2C(=O)CCC2=O)c1. The van der Waals surface area contributed by atoms with E-state index in [-0.39, 0.29) is 42.5 Å². The van der Waals surface area contributed by atoms with Crippen LogP contribution in [0, 0.1) is 0 Å². The van der Waals surface area contributed by atoms with Crippen LogP contribution in [-0.4, -0.2) is 42.9 Å². The third-order valence-corrected chi connectivity index (χ3v) is 3.39. The van der Waals surface area contributed by atoms with Crippen molar-refractivity contribution in [1.29, 1.82) is 0 Å². The number of carbonyl (C=O) groups is 5. The molecule has 0 atom stereocenters. The second-order valence-electron chi connectivity index (χ2n) is 5.30. The van der Waals surface area contributed by atoms with Gasteiger partial charge in [0.05, 0.1) is 11.3 Å². The maximum Gasteiger partial charge on any atom is 0.338 e. The topological polar surface area (TPSA) is 122 Å². The molecule has 1 aromatic carbocycles. The van der Waals surface area contributed by atoms with Gasteiger partial charge in [-0.25, -0.2) is 9.59 Å². The molecule has 1 fully saturated rings. The molecule has 9 heteroatoms. The lowest BCUT2D eigenvalue weighted by molar-refractivity contribution is -0.123. The predicted molar refractivity (Wildman–Crippen MR) is 90.2 cm³/mol. The van der Waals surface area contributed by atoms with E-state index in [4.69, 9.17) is 4.74 Å². The van der Waals surface area contributed by atoms with Crippen molar-refractivity contribution >= 4 is 35.4 Å². The summed E-state index contributed by atoms with van der Waals surface area (Å²) in [5.41, 5.74) is 0.333. The molecule has 0 aliphatic carbocycles. The van der Waals surface area contributed by atoms with Crippen LogP contribution >= 0.6 is 0 Å². The third-order valence-electron chi connectivity index (χ3n) is 3.39. The quantitative estimate of drug-likeness (QED) is 0.433. The minimum atomic E-state index is -0.826. The lowest BCUT2D eigenvalue weighted by Crippen LogP contribution is -2.41. The van der Waals surface area contributed by atoms with E-state index >= 15 is 0 Å². The molecule has 0 saturated carbocycles. The molecule has 1 heterocycles. The Morgan fingerprint density at radius 1 is 1.19 bits per heavy atom. The van der Waals surface area contributed by atoms with Gasteiger partial charge in [0.2, 0.25) is 11.8 Å². The molecule has 1 aliphatic rings. The number of hydrogen-bond acceptors (Lipinski definition) is 6. The molecule has 2 rings (SSSR count). The minimum absolute atomic E-state index is 0.0684. The van der Waals surface area contributed by atoms with E-state index in [9.17, 15) is 24.0 Å².